The van der Waals surface area contributed by atoms with Crippen molar-refractivity contribution in [1.82, 2.24) is 10.3 Å². The van der Waals surface area contributed by atoms with Gasteiger partial charge >= 0.3 is 0 Å². The zero-order valence-electron chi connectivity index (χ0n) is 10.5. The van der Waals surface area contributed by atoms with E-state index in [1.807, 2.05) is 6.20 Å². The molecule has 3 nitrogen and oxygen atoms in total. The van der Waals surface area contributed by atoms with Crippen molar-refractivity contribution in [3.05, 3.63) is 36.0 Å². The third-order valence-corrected chi connectivity index (χ3v) is 3.95. The lowest BCUT2D eigenvalue weighted by Crippen LogP contribution is -2.21. The Morgan fingerprint density at radius 3 is 3.06 bits per heavy atom. The summed E-state index contributed by atoms with van der Waals surface area (Å²) in [7, 11) is 0. The van der Waals surface area contributed by atoms with Gasteiger partial charge in [-0.2, -0.15) is 0 Å². The van der Waals surface area contributed by atoms with E-state index in [-0.39, 0.29) is 6.10 Å². The van der Waals surface area contributed by atoms with Gasteiger partial charge in [-0.05, 0) is 49.4 Å². The Balaban J connectivity index is 1.58. The Kier molecular flexibility index (Phi) is 3.35. The maximum atomic E-state index is 9.50. The summed E-state index contributed by atoms with van der Waals surface area (Å²) in [5.74, 6) is 0.644. The second-order valence-electron chi connectivity index (χ2n) is 5.32. The van der Waals surface area contributed by atoms with Gasteiger partial charge in [-0.1, -0.05) is 12.1 Å². The molecule has 96 valence electrons. The molecule has 2 atom stereocenters. The fourth-order valence-corrected chi connectivity index (χ4v) is 2.95. The highest BCUT2D eigenvalue weighted by atomic mass is 16.3. The van der Waals surface area contributed by atoms with Gasteiger partial charge in [0.2, 0.25) is 0 Å². The van der Waals surface area contributed by atoms with Crippen LogP contribution in [0.3, 0.4) is 0 Å². The van der Waals surface area contributed by atoms with Gasteiger partial charge in [0.25, 0.3) is 0 Å². The summed E-state index contributed by atoms with van der Waals surface area (Å²) < 4.78 is 0. The van der Waals surface area contributed by atoms with E-state index in [4.69, 9.17) is 0 Å². The number of aromatic nitrogens is 1. The minimum Gasteiger partial charge on any atom is -0.393 e. The number of fused-ring (bicyclic) bond motifs is 1. The second kappa shape index (κ2) is 5.12. The van der Waals surface area contributed by atoms with Crippen molar-refractivity contribution in [1.29, 1.82) is 0 Å². The number of H-pyrrole nitrogens is 1. The smallest absolute Gasteiger partial charge is 0.0543 e. The Bertz CT molecular complexity index is 520. The third-order valence-electron chi connectivity index (χ3n) is 3.95. The van der Waals surface area contributed by atoms with Crippen molar-refractivity contribution < 1.29 is 5.11 Å². The van der Waals surface area contributed by atoms with Crippen molar-refractivity contribution in [2.24, 2.45) is 5.92 Å². The van der Waals surface area contributed by atoms with E-state index in [1.54, 1.807) is 0 Å². The molecule has 1 saturated carbocycles. The van der Waals surface area contributed by atoms with Crippen LogP contribution >= 0.6 is 0 Å². The monoisotopic (exact) mass is 244 g/mol. The van der Waals surface area contributed by atoms with Gasteiger partial charge in [0.05, 0.1) is 6.10 Å². The lowest BCUT2D eigenvalue weighted by molar-refractivity contribution is 0.177. The molecule has 0 spiro atoms. The van der Waals surface area contributed by atoms with E-state index in [1.165, 1.54) is 16.5 Å². The van der Waals surface area contributed by atoms with Crippen LogP contribution in [0.25, 0.3) is 10.9 Å². The first-order chi connectivity index (χ1) is 8.83. The molecule has 3 heteroatoms. The standard InChI is InChI=1S/C15H20N2O/c18-13-5-4-11(8-13)9-16-10-12-2-1-3-15-14(12)6-7-17-15/h1-3,6-7,11,13,16-18H,4-5,8-10H2. The minimum absolute atomic E-state index is 0.0649. The average molecular weight is 244 g/mol. The minimum atomic E-state index is -0.0649. The van der Waals surface area contributed by atoms with Crippen molar-refractivity contribution in [2.45, 2.75) is 31.9 Å². The van der Waals surface area contributed by atoms with Gasteiger partial charge < -0.3 is 15.4 Å². The molecule has 3 rings (SSSR count). The Morgan fingerprint density at radius 2 is 2.22 bits per heavy atom. The van der Waals surface area contributed by atoms with E-state index in [2.05, 4.69) is 34.6 Å². The summed E-state index contributed by atoms with van der Waals surface area (Å²) in [4.78, 5) is 3.24. The molecule has 0 aliphatic heterocycles. The first-order valence-corrected chi connectivity index (χ1v) is 6.76. The van der Waals surface area contributed by atoms with Crippen molar-refractivity contribution in [2.75, 3.05) is 6.54 Å². The second-order valence-corrected chi connectivity index (χ2v) is 5.32. The number of aliphatic hydroxyl groups excluding tert-OH is 1. The molecule has 2 unspecified atom stereocenters. The van der Waals surface area contributed by atoms with Gasteiger partial charge in [-0.25, -0.2) is 0 Å². The summed E-state index contributed by atoms with van der Waals surface area (Å²) in [6.45, 7) is 1.92. The van der Waals surface area contributed by atoms with Gasteiger partial charge in [0.15, 0.2) is 0 Å². The molecule has 1 aliphatic rings. The molecule has 0 amide bonds. The summed E-state index contributed by atoms with van der Waals surface area (Å²) in [6.07, 6.45) is 5.01. The Labute approximate surface area is 107 Å². The highest BCUT2D eigenvalue weighted by Crippen LogP contribution is 2.24. The zero-order chi connectivity index (χ0) is 12.4. The predicted molar refractivity (Wildman–Crippen MR) is 73.4 cm³/mol. The number of nitrogens with one attached hydrogen (secondary N) is 2. The van der Waals surface area contributed by atoms with Crippen molar-refractivity contribution in [3.8, 4) is 0 Å². The molecular formula is C15H20N2O. The van der Waals surface area contributed by atoms with Crippen LogP contribution in [0.4, 0.5) is 0 Å². The maximum Gasteiger partial charge on any atom is 0.0543 e. The topological polar surface area (TPSA) is 48.0 Å². The lowest BCUT2D eigenvalue weighted by atomic mass is 10.1. The van der Waals surface area contributed by atoms with E-state index >= 15 is 0 Å². The highest BCUT2D eigenvalue weighted by molar-refractivity contribution is 5.82. The number of benzene rings is 1. The van der Waals surface area contributed by atoms with Crippen LogP contribution in [0.1, 0.15) is 24.8 Å². The van der Waals surface area contributed by atoms with E-state index < -0.39 is 0 Å². The van der Waals surface area contributed by atoms with E-state index in [9.17, 15) is 5.11 Å². The summed E-state index contributed by atoms with van der Waals surface area (Å²) in [5.41, 5.74) is 2.54. The molecule has 2 aromatic rings. The molecule has 0 radical (unpaired) electrons. The summed E-state index contributed by atoms with van der Waals surface area (Å²) in [5, 5.41) is 14.3. The molecule has 0 bridgehead atoms. The quantitative estimate of drug-likeness (QED) is 0.773. The first-order valence-electron chi connectivity index (χ1n) is 6.76. The fraction of sp³-hybridized carbons (Fsp3) is 0.467. The molecule has 3 N–H and O–H groups in total. The van der Waals surface area contributed by atoms with E-state index in [0.717, 1.165) is 32.4 Å². The Hall–Kier alpha value is -1.32. The fourth-order valence-electron chi connectivity index (χ4n) is 2.95. The summed E-state index contributed by atoms with van der Waals surface area (Å²) >= 11 is 0. The lowest BCUT2D eigenvalue weighted by Gasteiger charge is -2.11. The van der Waals surface area contributed by atoms with Crippen LogP contribution in [0, 0.1) is 5.92 Å². The number of aliphatic hydroxyl groups is 1. The highest BCUT2D eigenvalue weighted by Gasteiger charge is 2.22. The maximum absolute atomic E-state index is 9.50. The molecule has 1 aliphatic carbocycles. The molecule has 1 aromatic heterocycles. The summed E-state index contributed by atoms with van der Waals surface area (Å²) in [6, 6.07) is 8.50. The van der Waals surface area contributed by atoms with Crippen LogP contribution in [0.2, 0.25) is 0 Å². The number of aromatic amines is 1. The third kappa shape index (κ3) is 2.42. The largest absolute Gasteiger partial charge is 0.393 e. The average Bonchev–Trinajstić information content (AvgIpc) is 2.98. The number of hydrogen-bond acceptors (Lipinski definition) is 2. The van der Waals surface area contributed by atoms with E-state index in [0.29, 0.717) is 5.92 Å². The molecule has 0 saturated heterocycles. The molecular weight excluding hydrogens is 224 g/mol. The van der Waals surface area contributed by atoms with Gasteiger partial charge in [0.1, 0.15) is 0 Å². The van der Waals surface area contributed by atoms with Gasteiger partial charge in [0, 0.05) is 23.6 Å². The molecule has 1 aromatic carbocycles. The Morgan fingerprint density at radius 1 is 1.28 bits per heavy atom. The number of rotatable bonds is 4. The van der Waals surface area contributed by atoms with Crippen LogP contribution in [-0.2, 0) is 6.54 Å². The van der Waals surface area contributed by atoms with Crippen LogP contribution in [-0.4, -0.2) is 22.7 Å². The first kappa shape index (κ1) is 11.8. The van der Waals surface area contributed by atoms with Crippen molar-refractivity contribution >= 4 is 10.9 Å². The predicted octanol–water partition coefficient (Wildman–Crippen LogP) is 2.42. The number of hydrogen-bond donors (Lipinski definition) is 3. The molecule has 1 heterocycles. The van der Waals surface area contributed by atoms with Crippen LogP contribution in [0.5, 0.6) is 0 Å². The van der Waals surface area contributed by atoms with Crippen molar-refractivity contribution in [3.63, 3.8) is 0 Å². The van der Waals surface area contributed by atoms with Gasteiger partial charge in [-0.15, -0.1) is 0 Å². The van der Waals surface area contributed by atoms with Crippen LogP contribution in [0.15, 0.2) is 30.5 Å². The zero-order valence-corrected chi connectivity index (χ0v) is 10.5. The normalized spacial score (nSPS) is 23.8. The van der Waals surface area contributed by atoms with Crippen LogP contribution < -0.4 is 5.32 Å². The van der Waals surface area contributed by atoms with Gasteiger partial charge in [-0.3, -0.25) is 0 Å². The molecule has 18 heavy (non-hydrogen) atoms. The molecule has 1 fully saturated rings. The SMILES string of the molecule is OC1CCC(CNCc2cccc3[nH]ccc23)C1.